The van der Waals surface area contributed by atoms with Crippen molar-refractivity contribution in [1.29, 1.82) is 0 Å². The summed E-state index contributed by atoms with van der Waals surface area (Å²) in [5.74, 6) is -0.171. The number of halogens is 1. The Morgan fingerprint density at radius 2 is 1.80 bits per heavy atom. The Morgan fingerprint density at radius 1 is 1.12 bits per heavy atom. The van der Waals surface area contributed by atoms with Gasteiger partial charge < -0.3 is 20.9 Å². The first-order chi connectivity index (χ1) is 12.1. The zero-order chi connectivity index (χ0) is 17.8. The van der Waals surface area contributed by atoms with Crippen molar-refractivity contribution in [3.8, 4) is 0 Å². The van der Waals surface area contributed by atoms with Crippen molar-refractivity contribution in [2.24, 2.45) is 0 Å². The normalized spacial score (nSPS) is 15.2. The van der Waals surface area contributed by atoms with Gasteiger partial charge in [0.25, 0.3) is 5.91 Å². The number of nitrogens with zero attached hydrogens (tertiary/aromatic N) is 2. The predicted molar refractivity (Wildman–Crippen MR) is 105 cm³/mol. The van der Waals surface area contributed by atoms with Crippen LogP contribution in [0.5, 0.6) is 0 Å². The number of amides is 1. The van der Waals surface area contributed by atoms with Crippen molar-refractivity contribution < 1.29 is 4.79 Å². The molecule has 3 N–H and O–H groups in total. The van der Waals surface area contributed by atoms with Crippen molar-refractivity contribution in [3.05, 3.63) is 53.1 Å². The summed E-state index contributed by atoms with van der Waals surface area (Å²) in [4.78, 5) is 17.3. The minimum absolute atomic E-state index is 0.171. The lowest BCUT2D eigenvalue weighted by molar-refractivity contribution is 0.102. The van der Waals surface area contributed by atoms with Crippen molar-refractivity contribution in [3.63, 3.8) is 0 Å². The van der Waals surface area contributed by atoms with Gasteiger partial charge in [0.2, 0.25) is 0 Å². The summed E-state index contributed by atoms with van der Waals surface area (Å²) < 4.78 is 0. The molecule has 25 heavy (non-hydrogen) atoms. The third kappa shape index (κ3) is 4.24. The number of piperazine rings is 1. The molecule has 2 aromatic carbocycles. The van der Waals surface area contributed by atoms with Gasteiger partial charge in [-0.3, -0.25) is 4.79 Å². The molecular weight excluding hydrogens is 336 g/mol. The topological polar surface area (TPSA) is 61.6 Å². The largest absolute Gasteiger partial charge is 0.399 e. The van der Waals surface area contributed by atoms with Crippen LogP contribution in [-0.2, 0) is 0 Å². The minimum Gasteiger partial charge on any atom is -0.399 e. The van der Waals surface area contributed by atoms with Gasteiger partial charge in [-0.15, -0.1) is 0 Å². The summed E-state index contributed by atoms with van der Waals surface area (Å²) in [7, 11) is 0. The number of hydrogen-bond acceptors (Lipinski definition) is 4. The van der Waals surface area contributed by atoms with Gasteiger partial charge in [0.1, 0.15) is 0 Å². The zero-order valence-corrected chi connectivity index (χ0v) is 15.1. The van der Waals surface area contributed by atoms with Crippen molar-refractivity contribution in [2.45, 2.75) is 6.92 Å². The summed E-state index contributed by atoms with van der Waals surface area (Å²) in [6, 6.07) is 12.5. The van der Waals surface area contributed by atoms with E-state index in [1.807, 2.05) is 18.2 Å². The maximum Gasteiger partial charge on any atom is 0.255 e. The second-order valence-corrected chi connectivity index (χ2v) is 6.60. The van der Waals surface area contributed by atoms with Crippen LogP contribution in [0.1, 0.15) is 17.3 Å². The van der Waals surface area contributed by atoms with E-state index in [2.05, 4.69) is 22.0 Å². The Kier molecular flexibility index (Phi) is 5.46. The molecule has 0 saturated carbocycles. The fourth-order valence-electron chi connectivity index (χ4n) is 3.03. The molecule has 2 aromatic rings. The number of rotatable bonds is 4. The van der Waals surface area contributed by atoms with Crippen LogP contribution in [0.4, 0.5) is 17.1 Å². The quantitative estimate of drug-likeness (QED) is 0.823. The van der Waals surface area contributed by atoms with E-state index in [4.69, 9.17) is 17.3 Å². The number of nitrogen functional groups attached to an aromatic ring is 1. The molecule has 1 saturated heterocycles. The number of hydrogen-bond donors (Lipinski definition) is 2. The van der Waals surface area contributed by atoms with E-state index >= 15 is 0 Å². The van der Waals surface area contributed by atoms with Crippen LogP contribution in [-0.4, -0.2) is 43.5 Å². The number of carbonyl (C=O) groups excluding carboxylic acids is 1. The Morgan fingerprint density at radius 3 is 2.44 bits per heavy atom. The standard InChI is InChI=1S/C19H23ClN4O/c1-2-23-9-11-24(12-10-23)18-8-7-16(21)13-17(18)22-19(25)14-3-5-15(20)6-4-14/h3-8,13H,2,9-12,21H2,1H3,(H,22,25). The lowest BCUT2D eigenvalue weighted by atomic mass is 10.1. The first kappa shape index (κ1) is 17.6. The Balaban J connectivity index is 1.79. The van der Waals surface area contributed by atoms with Crippen LogP contribution in [0.2, 0.25) is 5.02 Å². The van der Waals surface area contributed by atoms with Crippen LogP contribution in [0.3, 0.4) is 0 Å². The number of likely N-dealkylation sites (N-methyl/N-ethyl adjacent to an activating group) is 1. The maximum absolute atomic E-state index is 12.5. The molecule has 1 amide bonds. The Bertz CT molecular complexity index is 740. The van der Waals surface area contributed by atoms with Crippen LogP contribution in [0.25, 0.3) is 0 Å². The van der Waals surface area contributed by atoms with Gasteiger partial charge in [-0.05, 0) is 49.0 Å². The van der Waals surface area contributed by atoms with E-state index in [1.54, 1.807) is 24.3 Å². The van der Waals surface area contributed by atoms with E-state index in [9.17, 15) is 4.79 Å². The van der Waals surface area contributed by atoms with Gasteiger partial charge in [-0.25, -0.2) is 0 Å². The molecule has 0 bridgehead atoms. The van der Waals surface area contributed by atoms with Gasteiger partial charge in [0, 0.05) is 42.5 Å². The highest BCUT2D eigenvalue weighted by Gasteiger charge is 2.19. The number of anilines is 3. The fraction of sp³-hybridized carbons (Fsp3) is 0.316. The summed E-state index contributed by atoms with van der Waals surface area (Å²) in [5.41, 5.74) is 8.88. The lowest BCUT2D eigenvalue weighted by Crippen LogP contribution is -2.46. The molecule has 0 unspecified atom stereocenters. The van der Waals surface area contributed by atoms with Crippen LogP contribution in [0, 0.1) is 0 Å². The van der Waals surface area contributed by atoms with Gasteiger partial charge in [-0.1, -0.05) is 18.5 Å². The zero-order valence-electron chi connectivity index (χ0n) is 14.3. The molecular formula is C19H23ClN4O. The second-order valence-electron chi connectivity index (χ2n) is 6.16. The van der Waals surface area contributed by atoms with Crippen LogP contribution in [0.15, 0.2) is 42.5 Å². The lowest BCUT2D eigenvalue weighted by Gasteiger charge is -2.36. The summed E-state index contributed by atoms with van der Waals surface area (Å²) in [6.07, 6.45) is 0. The van der Waals surface area contributed by atoms with Crippen LogP contribution >= 0.6 is 11.6 Å². The third-order valence-electron chi connectivity index (χ3n) is 4.54. The van der Waals surface area contributed by atoms with E-state index in [-0.39, 0.29) is 5.91 Å². The summed E-state index contributed by atoms with van der Waals surface area (Å²) in [6.45, 7) is 7.15. The van der Waals surface area contributed by atoms with Gasteiger partial charge >= 0.3 is 0 Å². The highest BCUT2D eigenvalue weighted by molar-refractivity contribution is 6.30. The number of benzene rings is 2. The molecule has 1 fully saturated rings. The number of nitrogens with one attached hydrogen (secondary N) is 1. The van der Waals surface area contributed by atoms with Crippen molar-refractivity contribution in [2.75, 3.05) is 48.7 Å². The fourth-order valence-corrected chi connectivity index (χ4v) is 3.16. The number of nitrogens with two attached hydrogens (primary N) is 1. The van der Waals surface area contributed by atoms with Crippen molar-refractivity contribution in [1.82, 2.24) is 4.90 Å². The molecule has 0 aliphatic carbocycles. The molecule has 5 nitrogen and oxygen atoms in total. The molecule has 132 valence electrons. The van der Waals surface area contributed by atoms with Gasteiger partial charge in [-0.2, -0.15) is 0 Å². The average molecular weight is 359 g/mol. The molecule has 6 heteroatoms. The van der Waals surface area contributed by atoms with Crippen LogP contribution < -0.4 is 16.0 Å². The van der Waals surface area contributed by atoms with E-state index < -0.39 is 0 Å². The van der Waals surface area contributed by atoms with E-state index in [1.165, 1.54) is 0 Å². The molecule has 0 radical (unpaired) electrons. The summed E-state index contributed by atoms with van der Waals surface area (Å²) >= 11 is 5.89. The predicted octanol–water partition coefficient (Wildman–Crippen LogP) is 3.32. The minimum atomic E-state index is -0.171. The van der Waals surface area contributed by atoms with Crippen molar-refractivity contribution >= 4 is 34.6 Å². The molecule has 1 aliphatic rings. The first-order valence-electron chi connectivity index (χ1n) is 8.50. The highest BCUT2D eigenvalue weighted by atomic mass is 35.5. The monoisotopic (exact) mass is 358 g/mol. The molecule has 3 rings (SSSR count). The molecule has 0 atom stereocenters. The van der Waals surface area contributed by atoms with Gasteiger partial charge in [0.05, 0.1) is 11.4 Å². The molecule has 1 heterocycles. The third-order valence-corrected chi connectivity index (χ3v) is 4.79. The number of carbonyl (C=O) groups is 1. The van der Waals surface area contributed by atoms with E-state index in [0.717, 1.165) is 44.1 Å². The maximum atomic E-state index is 12.5. The Labute approximate surface area is 153 Å². The highest BCUT2D eigenvalue weighted by Crippen LogP contribution is 2.29. The molecule has 0 spiro atoms. The SMILES string of the molecule is CCN1CCN(c2ccc(N)cc2NC(=O)c2ccc(Cl)cc2)CC1. The smallest absolute Gasteiger partial charge is 0.255 e. The average Bonchev–Trinajstić information content (AvgIpc) is 2.62. The molecule has 0 aromatic heterocycles. The Hall–Kier alpha value is -2.24. The first-order valence-corrected chi connectivity index (χ1v) is 8.88. The second kappa shape index (κ2) is 7.76. The molecule has 1 aliphatic heterocycles. The summed E-state index contributed by atoms with van der Waals surface area (Å²) in [5, 5.41) is 3.60. The van der Waals surface area contributed by atoms with Gasteiger partial charge in [0.15, 0.2) is 0 Å². The van der Waals surface area contributed by atoms with E-state index in [0.29, 0.717) is 16.3 Å².